The highest BCUT2D eigenvalue weighted by molar-refractivity contribution is 7.07. The molecule has 0 N–H and O–H groups in total. The number of hydrogen-bond donors (Lipinski definition) is 0. The summed E-state index contributed by atoms with van der Waals surface area (Å²) in [6, 6.07) is 17.8. The lowest BCUT2D eigenvalue weighted by atomic mass is 9.83. The number of thiazole rings is 1. The van der Waals surface area contributed by atoms with E-state index in [1.54, 1.807) is 0 Å². The summed E-state index contributed by atoms with van der Waals surface area (Å²) in [5, 5.41) is 0. The molecule has 0 saturated heterocycles. The average molecular weight is 362 g/mol. The largest absolute Gasteiger partial charge is 0.466 e. The van der Waals surface area contributed by atoms with Crippen LogP contribution in [0.1, 0.15) is 31.0 Å². The van der Waals surface area contributed by atoms with E-state index in [9.17, 15) is 4.79 Å². The van der Waals surface area contributed by atoms with Crippen LogP contribution in [0.2, 0.25) is 0 Å². The zero-order valence-electron chi connectivity index (χ0n) is 14.5. The van der Waals surface area contributed by atoms with Gasteiger partial charge < -0.3 is 4.74 Å². The molecule has 3 aromatic rings. The van der Waals surface area contributed by atoms with Crippen molar-refractivity contribution in [2.75, 3.05) is 0 Å². The standard InChI is InChI=1S/C21H18N2O2S/c1-13-18-15-10-6-7-11-16(15)25-21(13,2)22-20-23(18)19(24)17(26-20)12-14-8-4-3-5-9-14/h3-13,18H,1-2H3/b17-12-/t13-,18+,21-/m0/s1. The van der Waals surface area contributed by atoms with Gasteiger partial charge in [-0.25, -0.2) is 4.99 Å². The monoisotopic (exact) mass is 362 g/mol. The SMILES string of the molecule is C[C@H]1[C@@H]2c3ccccc3O[C@]1(C)N=c1s/c(=C\c3ccccc3)c(=O)n12. The molecule has 2 bridgehead atoms. The third kappa shape index (κ3) is 2.13. The third-order valence-corrected chi connectivity index (χ3v) is 6.39. The number of hydrogen-bond acceptors (Lipinski definition) is 4. The van der Waals surface area contributed by atoms with Crippen molar-refractivity contribution in [3.63, 3.8) is 0 Å². The van der Waals surface area contributed by atoms with E-state index in [0.717, 1.165) is 21.7 Å². The topological polar surface area (TPSA) is 43.6 Å². The molecule has 130 valence electrons. The van der Waals surface area contributed by atoms with Gasteiger partial charge in [0.05, 0.1) is 10.6 Å². The van der Waals surface area contributed by atoms with Crippen molar-refractivity contribution in [3.05, 3.63) is 85.4 Å². The molecule has 0 aliphatic carbocycles. The van der Waals surface area contributed by atoms with Crippen molar-refractivity contribution in [3.8, 4) is 5.75 Å². The minimum absolute atomic E-state index is 0.0215. The number of para-hydroxylation sites is 1. The summed E-state index contributed by atoms with van der Waals surface area (Å²) >= 11 is 1.44. The van der Waals surface area contributed by atoms with Gasteiger partial charge in [-0.15, -0.1) is 0 Å². The Bertz CT molecular complexity index is 1180. The van der Waals surface area contributed by atoms with Gasteiger partial charge in [-0.3, -0.25) is 9.36 Å². The fourth-order valence-electron chi connectivity index (χ4n) is 3.88. The van der Waals surface area contributed by atoms with E-state index in [1.165, 1.54) is 11.3 Å². The van der Waals surface area contributed by atoms with E-state index in [0.29, 0.717) is 4.53 Å². The van der Waals surface area contributed by atoms with Crippen molar-refractivity contribution >= 4 is 17.4 Å². The molecule has 4 nitrogen and oxygen atoms in total. The molecule has 0 radical (unpaired) electrons. The minimum Gasteiger partial charge on any atom is -0.466 e. The fourth-order valence-corrected chi connectivity index (χ4v) is 4.98. The van der Waals surface area contributed by atoms with Crippen LogP contribution in [0.25, 0.3) is 6.08 Å². The Labute approximate surface area is 154 Å². The number of rotatable bonds is 1. The highest BCUT2D eigenvalue weighted by Gasteiger charge is 2.48. The zero-order chi connectivity index (χ0) is 17.9. The lowest BCUT2D eigenvalue weighted by molar-refractivity contribution is -0.0121. The van der Waals surface area contributed by atoms with Crippen LogP contribution < -0.4 is 19.6 Å². The van der Waals surface area contributed by atoms with Gasteiger partial charge in [0.15, 0.2) is 4.80 Å². The molecular weight excluding hydrogens is 344 g/mol. The molecule has 0 saturated carbocycles. The second-order valence-corrected chi connectivity index (χ2v) is 8.03. The van der Waals surface area contributed by atoms with Crippen LogP contribution in [0.5, 0.6) is 5.75 Å². The lowest BCUT2D eigenvalue weighted by Gasteiger charge is -2.45. The summed E-state index contributed by atoms with van der Waals surface area (Å²) in [5.41, 5.74) is 1.44. The Morgan fingerprint density at radius 3 is 2.69 bits per heavy atom. The first-order valence-corrected chi connectivity index (χ1v) is 9.54. The fraction of sp³-hybridized carbons (Fsp3) is 0.238. The van der Waals surface area contributed by atoms with Crippen LogP contribution >= 0.6 is 11.3 Å². The summed E-state index contributed by atoms with van der Waals surface area (Å²) in [7, 11) is 0. The Balaban J connectivity index is 1.80. The Morgan fingerprint density at radius 2 is 1.88 bits per heavy atom. The van der Waals surface area contributed by atoms with E-state index in [-0.39, 0.29) is 17.5 Å². The molecule has 5 rings (SSSR count). The van der Waals surface area contributed by atoms with Crippen molar-refractivity contribution in [1.82, 2.24) is 4.57 Å². The predicted molar refractivity (Wildman–Crippen MR) is 102 cm³/mol. The highest BCUT2D eigenvalue weighted by atomic mass is 32.1. The molecule has 5 heteroatoms. The smallest absolute Gasteiger partial charge is 0.270 e. The van der Waals surface area contributed by atoms with Crippen molar-refractivity contribution < 1.29 is 4.74 Å². The number of aromatic nitrogens is 1. The molecule has 0 spiro atoms. The summed E-state index contributed by atoms with van der Waals surface area (Å²) in [5.74, 6) is 0.890. The Hall–Kier alpha value is -2.66. The molecule has 1 aromatic heterocycles. The van der Waals surface area contributed by atoms with Crippen LogP contribution in [0.4, 0.5) is 0 Å². The van der Waals surface area contributed by atoms with Crippen molar-refractivity contribution in [2.45, 2.75) is 25.6 Å². The maximum absolute atomic E-state index is 13.2. The number of ether oxygens (including phenoxy) is 1. The van der Waals surface area contributed by atoms with Gasteiger partial charge in [-0.1, -0.05) is 66.8 Å². The summed E-state index contributed by atoms with van der Waals surface area (Å²) in [6.45, 7) is 4.12. The maximum atomic E-state index is 13.2. The zero-order valence-corrected chi connectivity index (χ0v) is 15.4. The summed E-state index contributed by atoms with van der Waals surface area (Å²) in [6.07, 6.45) is 1.94. The van der Waals surface area contributed by atoms with Crippen LogP contribution in [0.3, 0.4) is 0 Å². The molecular formula is C21H18N2O2S. The Morgan fingerprint density at radius 1 is 1.15 bits per heavy atom. The van der Waals surface area contributed by atoms with Crippen LogP contribution in [0, 0.1) is 5.92 Å². The molecule has 0 fully saturated rings. The van der Waals surface area contributed by atoms with E-state index in [1.807, 2.05) is 66.1 Å². The molecule has 0 amide bonds. The minimum atomic E-state index is -0.652. The van der Waals surface area contributed by atoms with E-state index < -0.39 is 5.72 Å². The molecule has 3 atom stereocenters. The van der Waals surface area contributed by atoms with Crippen LogP contribution in [0.15, 0.2) is 64.4 Å². The van der Waals surface area contributed by atoms with Gasteiger partial charge in [-0.2, -0.15) is 0 Å². The average Bonchev–Trinajstić information content (AvgIpc) is 2.91. The van der Waals surface area contributed by atoms with Gasteiger partial charge in [0.25, 0.3) is 5.56 Å². The van der Waals surface area contributed by atoms with Crippen molar-refractivity contribution in [2.24, 2.45) is 10.9 Å². The van der Waals surface area contributed by atoms with E-state index in [2.05, 4.69) is 13.0 Å². The predicted octanol–water partition coefficient (Wildman–Crippen LogP) is 2.71. The quantitative estimate of drug-likeness (QED) is 0.668. The number of fused-ring (bicyclic) bond motifs is 6. The lowest BCUT2D eigenvalue weighted by Crippen LogP contribution is -2.54. The summed E-state index contributed by atoms with van der Waals surface area (Å²) in [4.78, 5) is 18.8. The number of benzene rings is 2. The first-order valence-electron chi connectivity index (χ1n) is 8.73. The highest BCUT2D eigenvalue weighted by Crippen LogP contribution is 2.46. The van der Waals surface area contributed by atoms with Gasteiger partial charge in [0.1, 0.15) is 5.75 Å². The molecule has 2 aliphatic heterocycles. The molecule has 0 unspecified atom stereocenters. The third-order valence-electron chi connectivity index (χ3n) is 5.40. The maximum Gasteiger partial charge on any atom is 0.270 e. The summed E-state index contributed by atoms with van der Waals surface area (Å²) < 4.78 is 8.80. The van der Waals surface area contributed by atoms with Gasteiger partial charge in [-0.05, 0) is 24.6 Å². The number of nitrogens with zero attached hydrogens (tertiary/aromatic N) is 2. The van der Waals surface area contributed by atoms with Gasteiger partial charge >= 0.3 is 0 Å². The molecule has 2 aliphatic rings. The van der Waals surface area contributed by atoms with Crippen LogP contribution in [-0.4, -0.2) is 10.3 Å². The molecule has 26 heavy (non-hydrogen) atoms. The normalized spacial score (nSPS) is 26.5. The van der Waals surface area contributed by atoms with Crippen LogP contribution in [-0.2, 0) is 0 Å². The van der Waals surface area contributed by atoms with E-state index >= 15 is 0 Å². The first-order chi connectivity index (χ1) is 12.6. The molecule has 3 heterocycles. The van der Waals surface area contributed by atoms with E-state index in [4.69, 9.17) is 9.73 Å². The Kier molecular flexibility index (Phi) is 3.25. The second-order valence-electron chi connectivity index (χ2n) is 7.02. The molecule has 2 aromatic carbocycles. The van der Waals surface area contributed by atoms with Crippen molar-refractivity contribution in [1.29, 1.82) is 0 Å². The van der Waals surface area contributed by atoms with Gasteiger partial charge in [0.2, 0.25) is 5.72 Å². The van der Waals surface area contributed by atoms with Gasteiger partial charge in [0, 0.05) is 11.5 Å². The second kappa shape index (κ2) is 5.42. The first kappa shape index (κ1) is 15.6.